The molecule has 0 bridgehead atoms. The summed E-state index contributed by atoms with van der Waals surface area (Å²) in [6.07, 6.45) is 1.76. The first-order chi connectivity index (χ1) is 14.4. The van der Waals surface area contributed by atoms with Gasteiger partial charge in [0.15, 0.2) is 0 Å². The number of benzene rings is 1. The van der Waals surface area contributed by atoms with Crippen LogP contribution in [0.2, 0.25) is 5.02 Å². The third kappa shape index (κ3) is 3.42. The van der Waals surface area contributed by atoms with Crippen LogP contribution in [0.25, 0.3) is 0 Å². The minimum Gasteiger partial charge on any atom is -0.298 e. The number of aromatic nitrogens is 4. The summed E-state index contributed by atoms with van der Waals surface area (Å²) >= 11 is 7.66. The maximum atomic E-state index is 12.8. The number of halogens is 1. The van der Waals surface area contributed by atoms with Crippen molar-refractivity contribution in [3.63, 3.8) is 0 Å². The monoisotopic (exact) mass is 443 g/mol. The molecule has 3 aromatic rings. The second-order valence-electron chi connectivity index (χ2n) is 8.22. The van der Waals surface area contributed by atoms with Crippen LogP contribution in [-0.4, -0.2) is 37.3 Å². The first-order valence-corrected chi connectivity index (χ1v) is 11.3. The zero-order chi connectivity index (χ0) is 20.9. The molecule has 7 nitrogen and oxygen atoms in total. The summed E-state index contributed by atoms with van der Waals surface area (Å²) in [6, 6.07) is 7.92. The number of likely N-dealkylation sites (tertiary alicyclic amines) is 1. The van der Waals surface area contributed by atoms with Crippen molar-refractivity contribution in [1.29, 1.82) is 0 Å². The van der Waals surface area contributed by atoms with Crippen molar-refractivity contribution in [2.75, 3.05) is 13.1 Å². The molecule has 0 radical (unpaired) electrons. The summed E-state index contributed by atoms with van der Waals surface area (Å²) < 4.78 is 2.89. The van der Waals surface area contributed by atoms with Crippen LogP contribution in [-0.2, 0) is 25.0 Å². The zero-order valence-electron chi connectivity index (χ0n) is 16.7. The Morgan fingerprint density at radius 1 is 1.17 bits per heavy atom. The number of hydrogen-bond donors (Lipinski definition) is 0. The van der Waals surface area contributed by atoms with Crippen LogP contribution >= 0.6 is 22.9 Å². The highest BCUT2D eigenvalue weighted by Gasteiger charge is 2.47. The predicted octanol–water partition coefficient (Wildman–Crippen LogP) is 2.42. The minimum atomic E-state index is -0.574. The molecule has 1 aromatic carbocycles. The Hall–Kier alpha value is -2.29. The van der Waals surface area contributed by atoms with Crippen LogP contribution in [0.3, 0.4) is 0 Å². The van der Waals surface area contributed by atoms with Crippen molar-refractivity contribution in [2.24, 2.45) is 0 Å². The molecule has 156 valence electrons. The number of thiazole rings is 1. The molecule has 1 unspecified atom stereocenters. The lowest BCUT2D eigenvalue weighted by Crippen LogP contribution is -2.45. The van der Waals surface area contributed by atoms with Crippen LogP contribution in [0.4, 0.5) is 0 Å². The predicted molar refractivity (Wildman–Crippen MR) is 116 cm³/mol. The molecule has 0 saturated carbocycles. The van der Waals surface area contributed by atoms with Crippen molar-refractivity contribution in [1.82, 2.24) is 24.2 Å². The third-order valence-corrected chi connectivity index (χ3v) is 7.19. The summed E-state index contributed by atoms with van der Waals surface area (Å²) in [4.78, 5) is 32.2. The van der Waals surface area contributed by atoms with Crippen LogP contribution in [0.15, 0.2) is 39.2 Å². The summed E-state index contributed by atoms with van der Waals surface area (Å²) in [5.41, 5.74) is 0.696. The maximum Gasteiger partial charge on any atom is 0.332 e. The Kier molecular flexibility index (Phi) is 4.88. The van der Waals surface area contributed by atoms with Gasteiger partial charge in [-0.05, 0) is 44.0 Å². The fourth-order valence-electron chi connectivity index (χ4n) is 4.69. The Balaban J connectivity index is 1.44. The normalized spacial score (nSPS) is 20.9. The quantitative estimate of drug-likeness (QED) is 0.579. The van der Waals surface area contributed by atoms with Gasteiger partial charge in [0.25, 0.3) is 0 Å². The average Bonchev–Trinajstić information content (AvgIpc) is 3.40. The van der Waals surface area contributed by atoms with E-state index in [0.29, 0.717) is 6.54 Å². The first-order valence-electron chi connectivity index (χ1n) is 10.0. The maximum absolute atomic E-state index is 12.8. The highest BCUT2D eigenvalue weighted by Crippen LogP contribution is 2.40. The van der Waals surface area contributed by atoms with Gasteiger partial charge in [-0.1, -0.05) is 23.7 Å². The van der Waals surface area contributed by atoms with Gasteiger partial charge in [-0.15, -0.1) is 11.3 Å². The number of aryl methyl sites for hydroxylation is 1. The van der Waals surface area contributed by atoms with Gasteiger partial charge in [0, 0.05) is 35.5 Å². The van der Waals surface area contributed by atoms with Crippen LogP contribution in [0.5, 0.6) is 0 Å². The first kappa shape index (κ1) is 19.7. The van der Waals surface area contributed by atoms with E-state index in [9.17, 15) is 9.59 Å². The Morgan fingerprint density at radius 3 is 2.77 bits per heavy atom. The highest BCUT2D eigenvalue weighted by molar-refractivity contribution is 7.09. The molecule has 5 rings (SSSR count). The van der Waals surface area contributed by atoms with E-state index in [1.165, 1.54) is 21.6 Å². The van der Waals surface area contributed by atoms with E-state index >= 15 is 0 Å². The van der Waals surface area contributed by atoms with Crippen molar-refractivity contribution in [3.05, 3.63) is 77.5 Å². The molecule has 30 heavy (non-hydrogen) atoms. The molecule has 1 spiro atoms. The summed E-state index contributed by atoms with van der Waals surface area (Å²) in [5.74, 6) is 0.743. The van der Waals surface area contributed by atoms with Crippen molar-refractivity contribution in [2.45, 2.75) is 44.8 Å². The van der Waals surface area contributed by atoms with Gasteiger partial charge >= 0.3 is 11.1 Å². The van der Waals surface area contributed by atoms with Gasteiger partial charge < -0.3 is 0 Å². The van der Waals surface area contributed by atoms with Gasteiger partial charge in [0.1, 0.15) is 5.82 Å². The number of rotatable bonds is 4. The fraction of sp³-hybridized carbons (Fsp3) is 0.429. The lowest BCUT2D eigenvalue weighted by Gasteiger charge is -2.24. The van der Waals surface area contributed by atoms with E-state index in [4.69, 9.17) is 16.7 Å². The smallest absolute Gasteiger partial charge is 0.298 e. The highest BCUT2D eigenvalue weighted by atomic mass is 35.5. The lowest BCUT2D eigenvalue weighted by atomic mass is 9.85. The topological polar surface area (TPSA) is 73.0 Å². The van der Waals surface area contributed by atoms with Gasteiger partial charge in [-0.25, -0.2) is 9.67 Å². The lowest BCUT2D eigenvalue weighted by molar-refractivity contribution is 0.298. The average molecular weight is 444 g/mol. The number of hydrogen-bond acceptors (Lipinski definition) is 6. The second-order valence-corrected chi connectivity index (χ2v) is 9.72. The Labute approximate surface area is 182 Å². The van der Waals surface area contributed by atoms with E-state index in [2.05, 4.69) is 16.0 Å². The zero-order valence-corrected chi connectivity index (χ0v) is 18.2. The molecule has 1 atom stereocenters. The SMILES string of the molecule is Cc1nc(Cn2nc3n(c(=O)c2=O)CCC32CCN(Cc3cccc(Cl)c3)C2)cs1. The molecule has 1 fully saturated rings. The number of nitrogens with zero attached hydrogens (tertiary/aromatic N) is 5. The standard InChI is InChI=1S/C21H22ClN5O2S/c1-14-23-17(12-30-14)11-27-19(29)18(28)26-8-6-21(20(26)24-27)5-7-25(13-21)10-15-3-2-4-16(22)9-15/h2-4,9,12H,5-8,10-11,13H2,1H3. The molecule has 2 aliphatic heterocycles. The van der Waals surface area contributed by atoms with Crippen LogP contribution in [0.1, 0.15) is 34.9 Å². The van der Waals surface area contributed by atoms with Gasteiger partial charge in [0.2, 0.25) is 0 Å². The summed E-state index contributed by atoms with van der Waals surface area (Å²) in [7, 11) is 0. The Bertz CT molecular complexity index is 1230. The number of fused-ring (bicyclic) bond motifs is 2. The van der Waals surface area contributed by atoms with E-state index in [1.807, 2.05) is 30.5 Å². The van der Waals surface area contributed by atoms with E-state index in [0.717, 1.165) is 54.0 Å². The molecular formula is C21H22ClN5O2S. The van der Waals surface area contributed by atoms with Crippen molar-refractivity contribution < 1.29 is 0 Å². The van der Waals surface area contributed by atoms with Gasteiger partial charge in [-0.3, -0.25) is 19.1 Å². The fourth-order valence-corrected chi connectivity index (χ4v) is 5.50. The minimum absolute atomic E-state index is 0.189. The van der Waals surface area contributed by atoms with Crippen molar-refractivity contribution >= 4 is 22.9 Å². The molecule has 0 N–H and O–H groups in total. The van der Waals surface area contributed by atoms with E-state index in [-0.39, 0.29) is 12.0 Å². The van der Waals surface area contributed by atoms with Crippen LogP contribution in [0, 0.1) is 6.92 Å². The van der Waals surface area contributed by atoms with E-state index in [1.54, 1.807) is 4.57 Å². The summed E-state index contributed by atoms with van der Waals surface area (Å²) in [6.45, 7) is 5.26. The molecule has 4 heterocycles. The third-order valence-electron chi connectivity index (χ3n) is 6.13. The molecule has 2 aromatic heterocycles. The molecule has 0 amide bonds. The molecule has 9 heteroatoms. The summed E-state index contributed by atoms with van der Waals surface area (Å²) in [5, 5.41) is 8.27. The Morgan fingerprint density at radius 2 is 2.00 bits per heavy atom. The second kappa shape index (κ2) is 7.44. The largest absolute Gasteiger partial charge is 0.332 e. The molecular weight excluding hydrogens is 422 g/mol. The molecule has 2 aliphatic rings. The molecule has 1 saturated heterocycles. The van der Waals surface area contributed by atoms with Crippen molar-refractivity contribution in [3.8, 4) is 0 Å². The van der Waals surface area contributed by atoms with Crippen LogP contribution < -0.4 is 11.1 Å². The van der Waals surface area contributed by atoms with E-state index < -0.39 is 11.1 Å². The van der Waals surface area contributed by atoms with Gasteiger partial charge in [0.05, 0.1) is 17.2 Å². The van der Waals surface area contributed by atoms with Gasteiger partial charge in [-0.2, -0.15) is 5.10 Å². The molecule has 0 aliphatic carbocycles.